The van der Waals surface area contributed by atoms with E-state index in [0.717, 1.165) is 21.9 Å². The number of furan rings is 1. The van der Waals surface area contributed by atoms with Crippen LogP contribution in [0.5, 0.6) is 0 Å². The summed E-state index contributed by atoms with van der Waals surface area (Å²) in [5, 5.41) is 13.2. The first-order chi connectivity index (χ1) is 15.5. The highest BCUT2D eigenvalue weighted by Crippen LogP contribution is 2.41. The summed E-state index contributed by atoms with van der Waals surface area (Å²) in [5.41, 5.74) is 2.37. The molecule has 1 N–H and O–H groups in total. The molecular weight excluding hydrogens is 402 g/mol. The third-order valence-electron chi connectivity index (χ3n) is 5.85. The van der Waals surface area contributed by atoms with Crippen LogP contribution in [0.15, 0.2) is 95.1 Å². The van der Waals surface area contributed by atoms with E-state index in [1.165, 1.54) is 11.2 Å². The lowest BCUT2D eigenvalue weighted by molar-refractivity contribution is -0.140. The van der Waals surface area contributed by atoms with Gasteiger partial charge in [0.2, 0.25) is 0 Å². The van der Waals surface area contributed by atoms with Gasteiger partial charge in [0, 0.05) is 5.56 Å². The van der Waals surface area contributed by atoms with Gasteiger partial charge in [0.1, 0.15) is 11.5 Å². The second-order valence-electron chi connectivity index (χ2n) is 7.95. The minimum atomic E-state index is -0.723. The number of aryl methyl sites for hydroxylation is 1. The number of hydrogen-bond acceptors (Lipinski definition) is 4. The summed E-state index contributed by atoms with van der Waals surface area (Å²) in [4.78, 5) is 27.8. The molecule has 5 heteroatoms. The van der Waals surface area contributed by atoms with E-state index in [1.54, 1.807) is 18.2 Å². The van der Waals surface area contributed by atoms with Gasteiger partial charge in [-0.1, -0.05) is 72.3 Å². The highest BCUT2D eigenvalue weighted by Gasteiger charge is 2.46. The fourth-order valence-electron chi connectivity index (χ4n) is 4.38. The molecule has 0 saturated carbocycles. The summed E-state index contributed by atoms with van der Waals surface area (Å²) in [6, 6.07) is 23.6. The van der Waals surface area contributed by atoms with Crippen molar-refractivity contribution in [3.8, 4) is 0 Å². The summed E-state index contributed by atoms with van der Waals surface area (Å²) in [6.07, 6.45) is 1.53. The Balaban J connectivity index is 1.73. The van der Waals surface area contributed by atoms with Crippen molar-refractivity contribution in [2.24, 2.45) is 0 Å². The van der Waals surface area contributed by atoms with Gasteiger partial charge < -0.3 is 14.4 Å². The number of carbonyl (C=O) groups is 2. The van der Waals surface area contributed by atoms with E-state index in [0.29, 0.717) is 11.3 Å². The van der Waals surface area contributed by atoms with Crippen molar-refractivity contribution >= 4 is 28.2 Å². The number of Topliss-reactive ketones (excluding diaryl/α,β-unsaturated/α-hetero) is 1. The molecule has 1 aliphatic rings. The van der Waals surface area contributed by atoms with Crippen molar-refractivity contribution < 1.29 is 19.1 Å². The van der Waals surface area contributed by atoms with E-state index in [1.807, 2.05) is 67.6 Å². The van der Waals surface area contributed by atoms with Crippen LogP contribution in [0, 0.1) is 6.92 Å². The zero-order chi connectivity index (χ0) is 22.2. The van der Waals surface area contributed by atoms with Crippen LogP contribution in [0.25, 0.3) is 16.5 Å². The van der Waals surface area contributed by atoms with Crippen molar-refractivity contribution in [2.75, 3.05) is 0 Å². The Hall–Kier alpha value is -4.12. The van der Waals surface area contributed by atoms with Crippen molar-refractivity contribution in [1.29, 1.82) is 0 Å². The molecule has 1 fully saturated rings. The molecule has 4 aromatic rings. The van der Waals surface area contributed by atoms with E-state index >= 15 is 0 Å². The molecule has 3 aromatic carbocycles. The van der Waals surface area contributed by atoms with Crippen molar-refractivity contribution in [3.63, 3.8) is 0 Å². The molecule has 158 valence electrons. The molecule has 1 unspecified atom stereocenters. The summed E-state index contributed by atoms with van der Waals surface area (Å²) < 4.78 is 5.44. The van der Waals surface area contributed by atoms with Gasteiger partial charge in [-0.15, -0.1) is 0 Å². The van der Waals surface area contributed by atoms with Gasteiger partial charge in [0.15, 0.2) is 0 Å². The minimum absolute atomic E-state index is 0.0866. The van der Waals surface area contributed by atoms with E-state index in [-0.39, 0.29) is 17.9 Å². The number of carbonyl (C=O) groups excluding carboxylic acids is 2. The zero-order valence-corrected chi connectivity index (χ0v) is 17.5. The summed E-state index contributed by atoms with van der Waals surface area (Å²) in [7, 11) is 0. The number of aliphatic hydroxyl groups is 1. The number of aliphatic hydroxyl groups excluding tert-OH is 1. The molecule has 32 heavy (non-hydrogen) atoms. The first kappa shape index (κ1) is 19.8. The van der Waals surface area contributed by atoms with E-state index in [4.69, 9.17) is 4.42 Å². The third kappa shape index (κ3) is 3.28. The standard InChI is InChI=1S/C27H21NO4/c1-17-7-4-10-19(15-17)24-23(26(30)27(31)28(24)16-20-11-6-14-32-20)25(29)22-13-5-9-18-8-2-3-12-21(18)22/h2-15,24,29H,16H2,1H3/b25-23-. The maximum Gasteiger partial charge on any atom is 0.296 e. The smallest absolute Gasteiger partial charge is 0.296 e. The van der Waals surface area contributed by atoms with E-state index < -0.39 is 17.7 Å². The van der Waals surface area contributed by atoms with Crippen LogP contribution >= 0.6 is 0 Å². The predicted molar refractivity (Wildman–Crippen MR) is 122 cm³/mol. The zero-order valence-electron chi connectivity index (χ0n) is 17.5. The van der Waals surface area contributed by atoms with Crippen molar-refractivity contribution in [3.05, 3.63) is 113 Å². The van der Waals surface area contributed by atoms with Crippen LogP contribution in [0.4, 0.5) is 0 Å². The first-order valence-electron chi connectivity index (χ1n) is 10.4. The molecule has 5 nitrogen and oxygen atoms in total. The highest BCUT2D eigenvalue weighted by atomic mass is 16.3. The van der Waals surface area contributed by atoms with Crippen molar-refractivity contribution in [2.45, 2.75) is 19.5 Å². The van der Waals surface area contributed by atoms with E-state index in [9.17, 15) is 14.7 Å². The Labute approximate surface area is 185 Å². The van der Waals surface area contributed by atoms with Gasteiger partial charge in [0.05, 0.1) is 24.4 Å². The van der Waals surface area contributed by atoms with Crippen LogP contribution in [-0.2, 0) is 16.1 Å². The van der Waals surface area contributed by atoms with Crippen molar-refractivity contribution in [1.82, 2.24) is 4.90 Å². The van der Waals surface area contributed by atoms with Crippen LogP contribution in [0.3, 0.4) is 0 Å². The maximum absolute atomic E-state index is 13.2. The number of fused-ring (bicyclic) bond motifs is 1. The average Bonchev–Trinajstić information content (AvgIpc) is 3.40. The normalized spacial score (nSPS) is 17.9. The summed E-state index contributed by atoms with van der Waals surface area (Å²) in [5.74, 6) is -0.966. The quantitative estimate of drug-likeness (QED) is 0.272. The highest BCUT2D eigenvalue weighted by molar-refractivity contribution is 6.46. The predicted octanol–water partition coefficient (Wildman–Crippen LogP) is 5.36. The molecule has 2 heterocycles. The van der Waals surface area contributed by atoms with Gasteiger partial charge in [-0.2, -0.15) is 0 Å². The van der Waals surface area contributed by atoms with Crippen LogP contribution in [0.2, 0.25) is 0 Å². The average molecular weight is 423 g/mol. The second kappa shape index (κ2) is 7.85. The summed E-state index contributed by atoms with van der Waals surface area (Å²) >= 11 is 0. The van der Waals surface area contributed by atoms with Gasteiger partial charge in [0.25, 0.3) is 11.7 Å². The molecule has 1 aliphatic heterocycles. The second-order valence-corrected chi connectivity index (χ2v) is 7.95. The topological polar surface area (TPSA) is 70.8 Å². The number of nitrogens with zero attached hydrogens (tertiary/aromatic N) is 1. The fraction of sp³-hybridized carbons (Fsp3) is 0.111. The molecule has 0 aliphatic carbocycles. The lowest BCUT2D eigenvalue weighted by Gasteiger charge is -2.25. The Morgan fingerprint density at radius 3 is 2.53 bits per heavy atom. The Morgan fingerprint density at radius 2 is 1.75 bits per heavy atom. The molecule has 1 amide bonds. The molecule has 5 rings (SSSR count). The number of likely N-dealkylation sites (tertiary alicyclic amines) is 1. The monoisotopic (exact) mass is 423 g/mol. The third-order valence-corrected chi connectivity index (χ3v) is 5.85. The number of benzene rings is 3. The molecule has 1 atom stereocenters. The van der Waals surface area contributed by atoms with Crippen LogP contribution < -0.4 is 0 Å². The SMILES string of the molecule is Cc1cccc(C2/C(=C(/O)c3cccc4ccccc34)C(=O)C(=O)N2Cc2ccco2)c1. The van der Waals surface area contributed by atoms with Gasteiger partial charge in [-0.3, -0.25) is 9.59 Å². The Kier molecular flexibility index (Phi) is 4.86. The lowest BCUT2D eigenvalue weighted by Crippen LogP contribution is -2.29. The van der Waals surface area contributed by atoms with Gasteiger partial charge >= 0.3 is 0 Å². The molecule has 1 aromatic heterocycles. The van der Waals surface area contributed by atoms with Crippen LogP contribution in [-0.4, -0.2) is 21.7 Å². The fourth-order valence-corrected chi connectivity index (χ4v) is 4.38. The summed E-state index contributed by atoms with van der Waals surface area (Å²) in [6.45, 7) is 2.08. The van der Waals surface area contributed by atoms with E-state index in [2.05, 4.69) is 0 Å². The number of amides is 1. The Bertz CT molecular complexity index is 1360. The Morgan fingerprint density at radius 1 is 0.969 bits per heavy atom. The number of rotatable bonds is 4. The molecule has 0 bridgehead atoms. The number of hydrogen-bond donors (Lipinski definition) is 1. The minimum Gasteiger partial charge on any atom is -0.507 e. The molecule has 0 spiro atoms. The number of ketones is 1. The largest absolute Gasteiger partial charge is 0.507 e. The molecule has 1 saturated heterocycles. The molecular formula is C27H21NO4. The first-order valence-corrected chi connectivity index (χ1v) is 10.4. The maximum atomic E-state index is 13.2. The van der Waals surface area contributed by atoms with Gasteiger partial charge in [-0.25, -0.2) is 0 Å². The van der Waals surface area contributed by atoms with Crippen LogP contribution in [0.1, 0.15) is 28.5 Å². The molecule has 0 radical (unpaired) electrons. The van der Waals surface area contributed by atoms with Gasteiger partial charge in [-0.05, 0) is 35.4 Å². The lowest BCUT2D eigenvalue weighted by atomic mass is 9.93.